The second-order valence-electron chi connectivity index (χ2n) is 6.12. The van der Waals surface area contributed by atoms with Gasteiger partial charge in [-0.15, -0.1) is 0 Å². The minimum absolute atomic E-state index is 0.0000784. The van der Waals surface area contributed by atoms with Gasteiger partial charge in [0.15, 0.2) is 0 Å². The molecule has 0 saturated carbocycles. The molecule has 1 unspecified atom stereocenters. The van der Waals surface area contributed by atoms with E-state index >= 15 is 0 Å². The summed E-state index contributed by atoms with van der Waals surface area (Å²) in [5, 5.41) is 12.6. The molecular formula is C19H20N2O6S. The molecule has 0 aliphatic rings. The number of aliphatic hydroxyl groups excluding tert-OH is 1. The van der Waals surface area contributed by atoms with Crippen LogP contribution >= 0.6 is 0 Å². The Labute approximate surface area is 162 Å². The Balaban J connectivity index is 1.70. The third kappa shape index (κ3) is 4.69. The highest BCUT2D eigenvalue weighted by molar-refractivity contribution is 7.89. The minimum Gasteiger partial charge on any atom is -0.468 e. The maximum Gasteiger partial charge on any atom is 0.251 e. The number of sulfonamides is 1. The largest absolute Gasteiger partial charge is 0.468 e. The normalized spacial score (nSPS) is 12.6. The van der Waals surface area contributed by atoms with Gasteiger partial charge in [0.2, 0.25) is 10.0 Å². The van der Waals surface area contributed by atoms with Crippen LogP contribution in [0.2, 0.25) is 0 Å². The fraction of sp³-hybridized carbons (Fsp3) is 0.211. The molecular weight excluding hydrogens is 384 g/mol. The van der Waals surface area contributed by atoms with E-state index in [1.165, 1.54) is 24.7 Å². The van der Waals surface area contributed by atoms with Crippen LogP contribution in [0.15, 0.2) is 68.7 Å². The number of nitrogens with one attached hydrogen (secondary N) is 2. The fourth-order valence-corrected chi connectivity index (χ4v) is 3.56. The number of furan rings is 2. The van der Waals surface area contributed by atoms with Crippen molar-refractivity contribution in [3.63, 3.8) is 0 Å². The topological polar surface area (TPSA) is 122 Å². The van der Waals surface area contributed by atoms with E-state index in [4.69, 9.17) is 8.83 Å². The highest BCUT2D eigenvalue weighted by Gasteiger charge is 2.19. The van der Waals surface area contributed by atoms with Gasteiger partial charge in [0, 0.05) is 5.56 Å². The number of carbonyl (C=O) groups excluding carboxylic acids is 1. The number of aliphatic hydroxyl groups is 1. The molecule has 0 bridgehead atoms. The molecule has 1 aromatic carbocycles. The quantitative estimate of drug-likeness (QED) is 0.529. The van der Waals surface area contributed by atoms with Crippen LogP contribution in [0.3, 0.4) is 0 Å². The van der Waals surface area contributed by atoms with Crippen LogP contribution in [0, 0.1) is 6.92 Å². The summed E-state index contributed by atoms with van der Waals surface area (Å²) >= 11 is 0. The number of hydrogen-bond donors (Lipinski definition) is 3. The SMILES string of the molecule is Cc1ccc(S(=O)(=O)NCc2ccco2)cc1C(=O)NCC(O)c1ccco1. The zero-order valence-corrected chi connectivity index (χ0v) is 15.9. The zero-order valence-electron chi connectivity index (χ0n) is 15.1. The fourth-order valence-electron chi connectivity index (χ4n) is 2.54. The number of amides is 1. The molecule has 1 atom stereocenters. The molecule has 3 aromatic rings. The molecule has 1 amide bonds. The zero-order chi connectivity index (χ0) is 20.1. The van der Waals surface area contributed by atoms with Crippen molar-refractivity contribution >= 4 is 15.9 Å². The molecule has 3 rings (SSSR count). The first-order chi connectivity index (χ1) is 13.4. The maximum absolute atomic E-state index is 12.5. The number of benzene rings is 1. The van der Waals surface area contributed by atoms with Gasteiger partial charge in [0.1, 0.15) is 17.6 Å². The lowest BCUT2D eigenvalue weighted by molar-refractivity contribution is 0.0900. The molecule has 2 heterocycles. The molecule has 0 aliphatic heterocycles. The van der Waals surface area contributed by atoms with Crippen molar-refractivity contribution in [3.8, 4) is 0 Å². The van der Waals surface area contributed by atoms with Crippen LogP contribution in [0.1, 0.15) is 33.5 Å². The second kappa shape index (κ2) is 8.42. The number of aryl methyl sites for hydroxylation is 1. The summed E-state index contributed by atoms with van der Waals surface area (Å²) in [5.41, 5.74) is 0.808. The monoisotopic (exact) mass is 404 g/mol. The van der Waals surface area contributed by atoms with E-state index in [-0.39, 0.29) is 23.5 Å². The summed E-state index contributed by atoms with van der Waals surface area (Å²) in [6.07, 6.45) is 1.88. The molecule has 2 aromatic heterocycles. The minimum atomic E-state index is -3.83. The Bertz CT molecular complexity index is 1030. The van der Waals surface area contributed by atoms with Crippen molar-refractivity contribution in [2.75, 3.05) is 6.54 Å². The Morgan fingerprint density at radius 1 is 1.14 bits per heavy atom. The van der Waals surface area contributed by atoms with Crippen LogP contribution in [0.5, 0.6) is 0 Å². The van der Waals surface area contributed by atoms with Gasteiger partial charge in [-0.2, -0.15) is 0 Å². The molecule has 148 valence electrons. The maximum atomic E-state index is 12.5. The van der Waals surface area contributed by atoms with Crippen molar-refractivity contribution in [2.45, 2.75) is 24.5 Å². The van der Waals surface area contributed by atoms with Gasteiger partial charge < -0.3 is 19.3 Å². The van der Waals surface area contributed by atoms with Gasteiger partial charge in [-0.25, -0.2) is 13.1 Å². The van der Waals surface area contributed by atoms with Crippen molar-refractivity contribution in [2.24, 2.45) is 0 Å². The van der Waals surface area contributed by atoms with E-state index in [1.54, 1.807) is 37.3 Å². The molecule has 0 spiro atoms. The smallest absolute Gasteiger partial charge is 0.251 e. The Morgan fingerprint density at radius 3 is 2.57 bits per heavy atom. The van der Waals surface area contributed by atoms with Gasteiger partial charge >= 0.3 is 0 Å². The Kier molecular flexibility index (Phi) is 5.98. The molecule has 0 aliphatic carbocycles. The summed E-state index contributed by atoms with van der Waals surface area (Å²) < 4.78 is 37.6. The van der Waals surface area contributed by atoms with E-state index < -0.39 is 22.0 Å². The van der Waals surface area contributed by atoms with E-state index in [9.17, 15) is 18.3 Å². The summed E-state index contributed by atoms with van der Waals surface area (Å²) in [6, 6.07) is 10.8. The van der Waals surface area contributed by atoms with Crippen molar-refractivity contribution < 1.29 is 27.2 Å². The molecule has 9 heteroatoms. The summed E-state index contributed by atoms with van der Waals surface area (Å²) in [4.78, 5) is 12.4. The van der Waals surface area contributed by atoms with Gasteiger partial charge in [0.25, 0.3) is 5.91 Å². The van der Waals surface area contributed by atoms with Crippen molar-refractivity contribution in [1.29, 1.82) is 0 Å². The Morgan fingerprint density at radius 2 is 1.89 bits per heavy atom. The molecule has 28 heavy (non-hydrogen) atoms. The average Bonchev–Trinajstić information content (AvgIpc) is 3.38. The average molecular weight is 404 g/mol. The van der Waals surface area contributed by atoms with E-state index in [2.05, 4.69) is 10.0 Å². The number of hydrogen-bond acceptors (Lipinski definition) is 6. The van der Waals surface area contributed by atoms with E-state index in [0.29, 0.717) is 17.1 Å². The first kappa shape index (κ1) is 19.9. The molecule has 0 saturated heterocycles. The van der Waals surface area contributed by atoms with E-state index in [1.807, 2.05) is 0 Å². The van der Waals surface area contributed by atoms with Gasteiger partial charge in [-0.05, 0) is 48.9 Å². The molecule has 0 fully saturated rings. The first-order valence-electron chi connectivity index (χ1n) is 8.49. The van der Waals surface area contributed by atoms with Crippen molar-refractivity contribution in [1.82, 2.24) is 10.0 Å². The first-order valence-corrected chi connectivity index (χ1v) is 9.97. The summed E-state index contributed by atoms with van der Waals surface area (Å²) in [6.45, 7) is 1.63. The van der Waals surface area contributed by atoms with Gasteiger partial charge in [0.05, 0.1) is 30.5 Å². The summed E-state index contributed by atoms with van der Waals surface area (Å²) in [5.74, 6) is 0.308. The lowest BCUT2D eigenvalue weighted by atomic mass is 10.1. The molecule has 3 N–H and O–H groups in total. The number of rotatable bonds is 8. The van der Waals surface area contributed by atoms with Gasteiger partial charge in [-0.1, -0.05) is 6.07 Å². The lowest BCUT2D eigenvalue weighted by Crippen LogP contribution is -2.29. The van der Waals surface area contributed by atoms with Crippen LogP contribution in [0.4, 0.5) is 0 Å². The molecule has 8 nitrogen and oxygen atoms in total. The van der Waals surface area contributed by atoms with Gasteiger partial charge in [-0.3, -0.25) is 4.79 Å². The third-order valence-electron chi connectivity index (χ3n) is 4.11. The van der Waals surface area contributed by atoms with Crippen LogP contribution in [-0.2, 0) is 16.6 Å². The van der Waals surface area contributed by atoms with Crippen molar-refractivity contribution in [3.05, 3.63) is 77.6 Å². The van der Waals surface area contributed by atoms with E-state index in [0.717, 1.165) is 0 Å². The van der Waals surface area contributed by atoms with Crippen LogP contribution in [-0.4, -0.2) is 26.0 Å². The van der Waals surface area contributed by atoms with Crippen LogP contribution in [0.25, 0.3) is 0 Å². The Hall–Kier alpha value is -2.88. The third-order valence-corrected chi connectivity index (χ3v) is 5.51. The highest BCUT2D eigenvalue weighted by Crippen LogP contribution is 2.17. The predicted octanol–water partition coefficient (Wildman–Crippen LogP) is 2.12. The lowest BCUT2D eigenvalue weighted by Gasteiger charge is -2.12. The van der Waals surface area contributed by atoms with Crippen LogP contribution < -0.4 is 10.0 Å². The predicted molar refractivity (Wildman–Crippen MR) is 99.9 cm³/mol. The second-order valence-corrected chi connectivity index (χ2v) is 7.89. The standard InChI is InChI=1S/C19H20N2O6S/c1-13-6-7-15(28(24,25)21-11-14-4-2-8-26-14)10-16(13)19(23)20-12-17(22)18-5-3-9-27-18/h2-10,17,21-22H,11-12H2,1H3,(H,20,23). The molecule has 0 radical (unpaired) electrons. The summed E-state index contributed by atoms with van der Waals surface area (Å²) in [7, 11) is -3.83. The highest BCUT2D eigenvalue weighted by atomic mass is 32.2. The number of carbonyl (C=O) groups is 1.